The van der Waals surface area contributed by atoms with E-state index in [1.165, 1.54) is 18.2 Å². The maximum atomic E-state index is 13.0. The van der Waals surface area contributed by atoms with E-state index in [9.17, 15) is 22.9 Å². The third-order valence-electron chi connectivity index (χ3n) is 3.05. The highest BCUT2D eigenvalue weighted by Gasteiger charge is 2.24. The van der Waals surface area contributed by atoms with Gasteiger partial charge in [0, 0.05) is 12.1 Å². The maximum Gasteiger partial charge on any atom is 0.269 e. The second kappa shape index (κ2) is 6.57. The van der Waals surface area contributed by atoms with Crippen LogP contribution >= 0.6 is 0 Å². The molecule has 0 fully saturated rings. The van der Waals surface area contributed by atoms with E-state index in [-0.39, 0.29) is 22.8 Å². The van der Waals surface area contributed by atoms with Crippen molar-refractivity contribution in [2.24, 2.45) is 0 Å². The normalized spacial score (nSPS) is 11.0. The molecule has 6 nitrogen and oxygen atoms in total. The fourth-order valence-electron chi connectivity index (χ4n) is 1.93. The summed E-state index contributed by atoms with van der Waals surface area (Å²) in [5.74, 6) is -0.486. The van der Waals surface area contributed by atoms with Gasteiger partial charge in [-0.25, -0.2) is 12.8 Å². The summed E-state index contributed by atoms with van der Waals surface area (Å²) in [5.41, 5.74) is 0.0608. The number of sulfonamides is 1. The first-order valence-corrected chi connectivity index (χ1v) is 7.94. The van der Waals surface area contributed by atoms with Crippen molar-refractivity contribution in [1.82, 2.24) is 0 Å². The lowest BCUT2D eigenvalue weighted by Gasteiger charge is -2.23. The van der Waals surface area contributed by atoms with Crippen LogP contribution in [0.25, 0.3) is 0 Å². The fraction of sp³-hybridized carbons (Fsp3) is 0.0667. The Morgan fingerprint density at radius 3 is 2.17 bits per heavy atom. The van der Waals surface area contributed by atoms with Gasteiger partial charge in [-0.15, -0.1) is 6.58 Å². The molecule has 0 aliphatic rings. The molecule has 8 heteroatoms. The van der Waals surface area contributed by atoms with Gasteiger partial charge in [-0.2, -0.15) is 0 Å². The molecule has 0 amide bonds. The van der Waals surface area contributed by atoms with E-state index in [4.69, 9.17) is 0 Å². The van der Waals surface area contributed by atoms with Crippen LogP contribution in [0.5, 0.6) is 0 Å². The second-order valence-corrected chi connectivity index (χ2v) is 6.41. The number of nitro groups is 1. The van der Waals surface area contributed by atoms with Crippen molar-refractivity contribution in [3.8, 4) is 0 Å². The number of benzene rings is 2. The second-order valence-electron chi connectivity index (χ2n) is 4.55. The average molecular weight is 336 g/mol. The predicted molar refractivity (Wildman–Crippen MR) is 84.2 cm³/mol. The highest BCUT2D eigenvalue weighted by atomic mass is 32.2. The molecule has 0 saturated heterocycles. The van der Waals surface area contributed by atoms with Crippen LogP contribution in [0.15, 0.2) is 66.1 Å². The van der Waals surface area contributed by atoms with Gasteiger partial charge < -0.3 is 0 Å². The Labute approximate surface area is 132 Å². The fourth-order valence-corrected chi connectivity index (χ4v) is 3.37. The Morgan fingerprint density at radius 1 is 1.13 bits per heavy atom. The number of non-ortho nitro benzene ring substituents is 1. The summed E-state index contributed by atoms with van der Waals surface area (Å²) in [5, 5.41) is 10.6. The third kappa shape index (κ3) is 3.54. The number of halogens is 1. The van der Waals surface area contributed by atoms with Crippen molar-refractivity contribution in [3.63, 3.8) is 0 Å². The van der Waals surface area contributed by atoms with E-state index in [2.05, 4.69) is 6.58 Å². The highest BCUT2D eigenvalue weighted by molar-refractivity contribution is 7.92. The van der Waals surface area contributed by atoms with E-state index >= 15 is 0 Å². The largest absolute Gasteiger partial charge is 0.269 e. The minimum atomic E-state index is -3.95. The first kappa shape index (κ1) is 16.6. The quantitative estimate of drug-likeness (QED) is 0.461. The summed E-state index contributed by atoms with van der Waals surface area (Å²) in [7, 11) is -3.95. The van der Waals surface area contributed by atoms with Gasteiger partial charge >= 0.3 is 0 Å². The lowest BCUT2D eigenvalue weighted by Crippen LogP contribution is -2.31. The van der Waals surface area contributed by atoms with Gasteiger partial charge in [-0.05, 0) is 36.4 Å². The van der Waals surface area contributed by atoms with Crippen molar-refractivity contribution in [1.29, 1.82) is 0 Å². The molecule has 23 heavy (non-hydrogen) atoms. The molecule has 0 atom stereocenters. The SMILES string of the molecule is C=CCN(c1ccc(F)cc1)S(=O)(=O)c1ccc([N+](=O)[O-])cc1. The summed E-state index contributed by atoms with van der Waals surface area (Å²) in [6.07, 6.45) is 1.40. The molecule has 0 unspecified atom stereocenters. The molecule has 2 aromatic carbocycles. The average Bonchev–Trinajstić information content (AvgIpc) is 2.53. The number of hydrogen-bond acceptors (Lipinski definition) is 4. The summed E-state index contributed by atoms with van der Waals surface area (Å²) in [6, 6.07) is 9.52. The maximum absolute atomic E-state index is 13.0. The van der Waals surface area contributed by atoms with Crippen LogP contribution in [0.2, 0.25) is 0 Å². The molecule has 0 N–H and O–H groups in total. The molecule has 0 aliphatic carbocycles. The Bertz CT molecular complexity index is 818. The molecule has 0 aromatic heterocycles. The molecule has 0 spiro atoms. The lowest BCUT2D eigenvalue weighted by molar-refractivity contribution is -0.384. The van der Waals surface area contributed by atoms with Gasteiger partial charge in [0.25, 0.3) is 15.7 Å². The minimum absolute atomic E-state index is 0.0229. The van der Waals surface area contributed by atoms with Gasteiger partial charge in [-0.3, -0.25) is 14.4 Å². The number of anilines is 1. The van der Waals surface area contributed by atoms with E-state index < -0.39 is 20.8 Å². The molecule has 120 valence electrons. The molecular weight excluding hydrogens is 323 g/mol. The summed E-state index contributed by atoms with van der Waals surface area (Å²) >= 11 is 0. The van der Waals surface area contributed by atoms with Crippen molar-refractivity contribution in [2.75, 3.05) is 10.8 Å². The van der Waals surface area contributed by atoms with E-state index in [1.807, 2.05) is 0 Å². The molecule has 0 heterocycles. The van der Waals surface area contributed by atoms with Crippen LogP contribution in [-0.2, 0) is 10.0 Å². The summed E-state index contributed by atoms with van der Waals surface area (Å²) in [6.45, 7) is 3.50. The Kier molecular flexibility index (Phi) is 4.75. The number of nitro benzene ring substituents is 1. The Hall–Kier alpha value is -2.74. The molecule has 0 bridgehead atoms. The van der Waals surface area contributed by atoms with E-state index in [0.29, 0.717) is 0 Å². The van der Waals surface area contributed by atoms with Gasteiger partial charge in [0.05, 0.1) is 22.1 Å². The standard InChI is InChI=1S/C15H13FN2O4S/c1-2-11-17(13-5-3-12(16)4-6-13)23(21,22)15-9-7-14(8-10-15)18(19)20/h2-10H,1,11H2. The van der Waals surface area contributed by atoms with Crippen LogP contribution in [0, 0.1) is 15.9 Å². The lowest BCUT2D eigenvalue weighted by atomic mass is 10.3. The summed E-state index contributed by atoms with van der Waals surface area (Å²) in [4.78, 5) is 9.93. The van der Waals surface area contributed by atoms with Gasteiger partial charge in [0.15, 0.2) is 0 Å². The van der Waals surface area contributed by atoms with Gasteiger partial charge in [0.1, 0.15) is 5.82 Å². The van der Waals surface area contributed by atoms with E-state index in [0.717, 1.165) is 40.7 Å². The van der Waals surface area contributed by atoms with Crippen LogP contribution < -0.4 is 4.31 Å². The molecular formula is C15H13FN2O4S. The van der Waals surface area contributed by atoms with Crippen molar-refractivity contribution < 1.29 is 17.7 Å². The molecule has 0 saturated carbocycles. The monoisotopic (exact) mass is 336 g/mol. The van der Waals surface area contributed by atoms with E-state index in [1.54, 1.807) is 0 Å². The van der Waals surface area contributed by atoms with Crippen molar-refractivity contribution >= 4 is 21.4 Å². The topological polar surface area (TPSA) is 80.5 Å². The number of rotatable bonds is 6. The zero-order valence-electron chi connectivity index (χ0n) is 11.9. The first-order valence-electron chi connectivity index (χ1n) is 6.50. The third-order valence-corrected chi connectivity index (χ3v) is 4.85. The zero-order chi connectivity index (χ0) is 17.0. The van der Waals surface area contributed by atoms with Crippen LogP contribution in [0.1, 0.15) is 0 Å². The molecule has 2 rings (SSSR count). The van der Waals surface area contributed by atoms with Gasteiger partial charge in [-0.1, -0.05) is 6.08 Å². The first-order chi connectivity index (χ1) is 10.9. The highest BCUT2D eigenvalue weighted by Crippen LogP contribution is 2.25. The van der Waals surface area contributed by atoms with Crippen LogP contribution in [0.3, 0.4) is 0 Å². The van der Waals surface area contributed by atoms with Crippen molar-refractivity contribution in [2.45, 2.75) is 4.90 Å². The number of nitrogens with zero attached hydrogens (tertiary/aromatic N) is 2. The Morgan fingerprint density at radius 2 is 1.70 bits per heavy atom. The molecule has 0 radical (unpaired) electrons. The molecule has 2 aromatic rings. The predicted octanol–water partition coefficient (Wildman–Crippen LogP) is 3.12. The van der Waals surface area contributed by atoms with Gasteiger partial charge in [0.2, 0.25) is 0 Å². The minimum Gasteiger partial charge on any atom is -0.263 e. The molecule has 0 aliphatic heterocycles. The van der Waals surface area contributed by atoms with Crippen molar-refractivity contribution in [3.05, 3.63) is 77.1 Å². The smallest absolute Gasteiger partial charge is 0.263 e. The van der Waals surface area contributed by atoms with Crippen LogP contribution in [0.4, 0.5) is 15.8 Å². The number of hydrogen-bond donors (Lipinski definition) is 0. The van der Waals surface area contributed by atoms with Crippen LogP contribution in [-0.4, -0.2) is 19.9 Å². The summed E-state index contributed by atoms with van der Waals surface area (Å²) < 4.78 is 39.5. The Balaban J connectivity index is 2.45. The zero-order valence-corrected chi connectivity index (χ0v) is 12.7.